The third kappa shape index (κ3) is 3.28. The van der Waals surface area contributed by atoms with Crippen LogP contribution in [-0.4, -0.2) is 6.71 Å². The van der Waals surface area contributed by atoms with Crippen molar-refractivity contribution < 1.29 is 0 Å². The van der Waals surface area contributed by atoms with Crippen LogP contribution in [-0.2, 0) is 0 Å². The largest absolute Gasteiger partial charge is 0.315 e. The molecule has 0 saturated carbocycles. The number of aryl methyl sites for hydroxylation is 1. The maximum atomic E-state index is 2.45. The zero-order chi connectivity index (χ0) is 24.9. The topological polar surface area (TPSA) is 6.48 Å². The molecule has 176 valence electrons. The third-order valence-corrected chi connectivity index (χ3v) is 7.80. The van der Waals surface area contributed by atoms with Crippen molar-refractivity contribution in [2.75, 3.05) is 9.80 Å². The first-order chi connectivity index (χ1) is 18.2. The average molecular weight is 474 g/mol. The number of rotatable bonds is 3. The summed E-state index contributed by atoms with van der Waals surface area (Å²) in [5.41, 5.74) is 14.1. The zero-order valence-corrected chi connectivity index (χ0v) is 21.1. The smallest absolute Gasteiger partial charge is 0.252 e. The maximum Gasteiger partial charge on any atom is 0.252 e. The predicted octanol–water partition coefficient (Wildman–Crippen LogP) is 7.51. The number of fused-ring (bicyclic) bond motifs is 2. The molecule has 2 heterocycles. The monoisotopic (exact) mass is 474 g/mol. The number of hydrogen-bond acceptors (Lipinski definition) is 2. The van der Waals surface area contributed by atoms with E-state index < -0.39 is 0 Å². The van der Waals surface area contributed by atoms with E-state index in [1.165, 1.54) is 61.7 Å². The van der Waals surface area contributed by atoms with Crippen LogP contribution in [0.4, 0.5) is 28.4 Å². The van der Waals surface area contributed by atoms with E-state index in [1.807, 2.05) is 0 Å². The van der Waals surface area contributed by atoms with Gasteiger partial charge in [-0.2, -0.15) is 0 Å². The maximum absolute atomic E-state index is 2.45. The average Bonchev–Trinajstić information content (AvgIpc) is 2.95. The molecular formula is C34H27BN2. The van der Waals surface area contributed by atoms with Crippen molar-refractivity contribution in [3.05, 3.63) is 144 Å². The van der Waals surface area contributed by atoms with Crippen molar-refractivity contribution in [2.45, 2.75) is 13.8 Å². The number of anilines is 5. The van der Waals surface area contributed by atoms with Crippen LogP contribution >= 0.6 is 0 Å². The summed E-state index contributed by atoms with van der Waals surface area (Å²) < 4.78 is 0. The van der Waals surface area contributed by atoms with E-state index in [9.17, 15) is 0 Å². The van der Waals surface area contributed by atoms with Gasteiger partial charge in [-0.15, -0.1) is 0 Å². The van der Waals surface area contributed by atoms with E-state index in [-0.39, 0.29) is 6.71 Å². The molecule has 2 aliphatic rings. The lowest BCUT2D eigenvalue weighted by Crippen LogP contribution is -2.55. The third-order valence-electron chi connectivity index (χ3n) is 7.80. The molecule has 0 N–H and O–H groups in total. The van der Waals surface area contributed by atoms with Gasteiger partial charge in [0.1, 0.15) is 0 Å². The van der Waals surface area contributed by atoms with Gasteiger partial charge in [0.25, 0.3) is 6.71 Å². The zero-order valence-electron chi connectivity index (χ0n) is 21.1. The van der Waals surface area contributed by atoms with Gasteiger partial charge in [0.2, 0.25) is 0 Å². The van der Waals surface area contributed by atoms with Crippen molar-refractivity contribution in [1.82, 2.24) is 0 Å². The van der Waals surface area contributed by atoms with Crippen LogP contribution in [0.1, 0.15) is 18.1 Å². The molecule has 0 spiro atoms. The Morgan fingerprint density at radius 3 is 1.73 bits per heavy atom. The summed E-state index contributed by atoms with van der Waals surface area (Å²) in [4.78, 5) is 4.89. The van der Waals surface area contributed by atoms with Gasteiger partial charge in [0.15, 0.2) is 0 Å². The number of allylic oxidation sites excluding steroid dienone is 1. The van der Waals surface area contributed by atoms with E-state index >= 15 is 0 Å². The highest BCUT2D eigenvalue weighted by Gasteiger charge is 2.43. The number of hydrogen-bond donors (Lipinski definition) is 0. The molecule has 2 aliphatic heterocycles. The number of nitrogens with zero attached hydrogens (tertiary/aromatic N) is 2. The molecule has 37 heavy (non-hydrogen) atoms. The van der Waals surface area contributed by atoms with Gasteiger partial charge >= 0.3 is 0 Å². The Bertz CT molecular complexity index is 1660. The molecule has 2 nitrogen and oxygen atoms in total. The van der Waals surface area contributed by atoms with E-state index in [1.54, 1.807) is 0 Å². The van der Waals surface area contributed by atoms with Crippen molar-refractivity contribution in [3.63, 3.8) is 0 Å². The quantitative estimate of drug-likeness (QED) is 0.250. The summed E-state index contributed by atoms with van der Waals surface area (Å²) in [6.07, 6.45) is 0. The highest BCUT2D eigenvalue weighted by molar-refractivity contribution is 7.03. The molecule has 0 unspecified atom stereocenters. The molecule has 0 amide bonds. The minimum Gasteiger partial charge on any atom is -0.315 e. The van der Waals surface area contributed by atoms with Gasteiger partial charge in [-0.1, -0.05) is 84.9 Å². The lowest BCUT2D eigenvalue weighted by molar-refractivity contribution is 1.15. The second kappa shape index (κ2) is 8.57. The SMILES string of the molecule is CC1=C(c2ccccc2C)B2c3ccccc3N(c3ccccc3)c3cccc(c32)N1c1ccccc1. The molecule has 0 aliphatic carbocycles. The first kappa shape index (κ1) is 21.8. The Morgan fingerprint density at radius 2 is 1.03 bits per heavy atom. The van der Waals surface area contributed by atoms with E-state index in [0.717, 1.165) is 0 Å². The summed E-state index contributed by atoms with van der Waals surface area (Å²) in [7, 11) is 0. The first-order valence-electron chi connectivity index (χ1n) is 12.9. The van der Waals surface area contributed by atoms with Crippen LogP contribution in [0.5, 0.6) is 0 Å². The Balaban J connectivity index is 1.60. The number of benzene rings is 5. The Labute approximate surface area is 219 Å². The second-order valence-corrected chi connectivity index (χ2v) is 9.86. The van der Waals surface area contributed by atoms with Crippen LogP contribution in [0.25, 0.3) is 5.47 Å². The molecule has 0 aromatic heterocycles. The molecule has 0 atom stereocenters. The van der Waals surface area contributed by atoms with Crippen LogP contribution in [0.3, 0.4) is 0 Å². The summed E-state index contributed by atoms with van der Waals surface area (Å²) >= 11 is 0. The lowest BCUT2D eigenvalue weighted by Gasteiger charge is -2.44. The minimum absolute atomic E-state index is 0.142. The van der Waals surface area contributed by atoms with Crippen molar-refractivity contribution in [3.8, 4) is 0 Å². The van der Waals surface area contributed by atoms with Gasteiger partial charge in [0, 0.05) is 34.1 Å². The fraction of sp³-hybridized carbons (Fsp3) is 0.0588. The molecule has 0 saturated heterocycles. The van der Waals surface area contributed by atoms with Gasteiger partial charge in [0.05, 0.1) is 0 Å². The van der Waals surface area contributed by atoms with Crippen LogP contribution in [0.2, 0.25) is 0 Å². The number of para-hydroxylation sites is 3. The highest BCUT2D eigenvalue weighted by atomic mass is 15.2. The van der Waals surface area contributed by atoms with E-state index in [0.29, 0.717) is 0 Å². The molecule has 7 rings (SSSR count). The fourth-order valence-electron chi connectivity index (χ4n) is 6.25. The first-order valence-corrected chi connectivity index (χ1v) is 12.9. The van der Waals surface area contributed by atoms with Gasteiger partial charge in [-0.3, -0.25) is 0 Å². The second-order valence-electron chi connectivity index (χ2n) is 9.86. The Hall–Kier alpha value is -4.50. The molecule has 0 fully saturated rings. The lowest BCUT2D eigenvalue weighted by atomic mass is 9.32. The summed E-state index contributed by atoms with van der Waals surface area (Å²) in [6.45, 7) is 4.66. The highest BCUT2D eigenvalue weighted by Crippen LogP contribution is 2.45. The minimum atomic E-state index is 0.142. The van der Waals surface area contributed by atoms with Gasteiger partial charge < -0.3 is 9.80 Å². The van der Waals surface area contributed by atoms with E-state index in [4.69, 9.17) is 0 Å². The summed E-state index contributed by atoms with van der Waals surface area (Å²) in [6, 6.07) is 46.0. The van der Waals surface area contributed by atoms with Crippen LogP contribution in [0.15, 0.2) is 133 Å². The predicted molar refractivity (Wildman–Crippen MR) is 159 cm³/mol. The molecule has 0 radical (unpaired) electrons. The molecule has 3 heteroatoms. The van der Waals surface area contributed by atoms with Crippen LogP contribution in [0, 0.1) is 6.92 Å². The van der Waals surface area contributed by atoms with Crippen molar-refractivity contribution in [1.29, 1.82) is 0 Å². The fourth-order valence-corrected chi connectivity index (χ4v) is 6.25. The van der Waals surface area contributed by atoms with Crippen LogP contribution < -0.4 is 20.7 Å². The Morgan fingerprint density at radius 1 is 0.486 bits per heavy atom. The molecule has 0 bridgehead atoms. The normalized spacial score (nSPS) is 13.9. The molecule has 5 aromatic rings. The van der Waals surface area contributed by atoms with Crippen molar-refractivity contribution >= 4 is 51.5 Å². The molecular weight excluding hydrogens is 447 g/mol. The summed E-state index contributed by atoms with van der Waals surface area (Å²) in [5.74, 6) is 0. The Kier molecular flexibility index (Phi) is 5.04. The summed E-state index contributed by atoms with van der Waals surface area (Å²) in [5, 5.41) is 0. The van der Waals surface area contributed by atoms with Gasteiger partial charge in [-0.25, -0.2) is 0 Å². The standard InChI is InChI=1S/C34H27BN2/c1-24-14-9-10-19-28(24)33-25(2)36(26-15-5-3-6-16-26)31-22-13-23-32-34(31)35(33)29-20-11-12-21-30(29)37(32)27-17-7-4-8-18-27/h3-23H,1-2H3. The van der Waals surface area contributed by atoms with Gasteiger partial charge in [-0.05, 0) is 83.8 Å². The molecule has 5 aromatic carbocycles. The van der Waals surface area contributed by atoms with Crippen molar-refractivity contribution in [2.24, 2.45) is 0 Å². The van der Waals surface area contributed by atoms with E-state index in [2.05, 4.69) is 151 Å².